The number of amides is 1. The van der Waals surface area contributed by atoms with E-state index in [1.54, 1.807) is 36.7 Å². The Hall–Kier alpha value is -4.27. The summed E-state index contributed by atoms with van der Waals surface area (Å²) in [6.07, 6.45) is 3.31. The molecule has 9 nitrogen and oxygen atoms in total. The second kappa shape index (κ2) is 8.62. The summed E-state index contributed by atoms with van der Waals surface area (Å²) < 4.78 is 5.25. The van der Waals surface area contributed by atoms with Crippen LogP contribution in [0.2, 0.25) is 0 Å². The van der Waals surface area contributed by atoms with E-state index in [2.05, 4.69) is 30.7 Å². The van der Waals surface area contributed by atoms with Gasteiger partial charge in [0.05, 0.1) is 0 Å². The van der Waals surface area contributed by atoms with Crippen LogP contribution in [0.3, 0.4) is 0 Å². The van der Waals surface area contributed by atoms with Crippen LogP contribution in [0.4, 0.5) is 23.1 Å². The van der Waals surface area contributed by atoms with Gasteiger partial charge in [-0.3, -0.25) is 9.78 Å². The SMILES string of the molecule is Cc1cc(N(C)C)nc(Nc2ccc(NC(=O)c3cc(-c4cccnc4)on3)cc2)n1. The Balaban J connectivity index is 1.42. The number of carbonyl (C=O) groups excluding carboxylic acids is 1. The molecule has 4 rings (SSSR count). The molecule has 0 atom stereocenters. The van der Waals surface area contributed by atoms with Gasteiger partial charge in [-0.1, -0.05) is 5.16 Å². The third-order valence-electron chi connectivity index (χ3n) is 4.39. The van der Waals surface area contributed by atoms with Crippen molar-refractivity contribution in [2.24, 2.45) is 0 Å². The lowest BCUT2D eigenvalue weighted by Crippen LogP contribution is -2.13. The minimum atomic E-state index is -0.364. The molecule has 2 N–H and O–H groups in total. The molecule has 0 aliphatic carbocycles. The lowest BCUT2D eigenvalue weighted by Gasteiger charge is -2.14. The zero-order chi connectivity index (χ0) is 21.8. The van der Waals surface area contributed by atoms with E-state index in [4.69, 9.17) is 4.52 Å². The molecule has 0 fully saturated rings. The number of hydrogen-bond acceptors (Lipinski definition) is 8. The molecule has 9 heteroatoms. The van der Waals surface area contributed by atoms with Gasteiger partial charge in [-0.2, -0.15) is 4.98 Å². The number of nitrogens with one attached hydrogen (secondary N) is 2. The summed E-state index contributed by atoms with van der Waals surface area (Å²) in [5.41, 5.74) is 3.23. The second-order valence-corrected chi connectivity index (χ2v) is 7.06. The topological polar surface area (TPSA) is 109 Å². The van der Waals surface area contributed by atoms with Crippen LogP contribution in [0.5, 0.6) is 0 Å². The third kappa shape index (κ3) is 4.84. The van der Waals surface area contributed by atoms with Crippen LogP contribution in [0, 0.1) is 6.92 Å². The molecule has 3 heterocycles. The lowest BCUT2D eigenvalue weighted by atomic mass is 10.2. The molecule has 0 unspecified atom stereocenters. The van der Waals surface area contributed by atoms with E-state index in [0.29, 0.717) is 17.4 Å². The highest BCUT2D eigenvalue weighted by atomic mass is 16.5. The van der Waals surface area contributed by atoms with E-state index >= 15 is 0 Å². The van der Waals surface area contributed by atoms with Crippen molar-refractivity contribution < 1.29 is 9.32 Å². The van der Waals surface area contributed by atoms with Crippen LogP contribution in [-0.2, 0) is 0 Å². The quantitative estimate of drug-likeness (QED) is 0.488. The van der Waals surface area contributed by atoms with E-state index in [9.17, 15) is 4.79 Å². The zero-order valence-corrected chi connectivity index (χ0v) is 17.3. The number of benzene rings is 1. The van der Waals surface area contributed by atoms with E-state index in [1.165, 1.54) is 0 Å². The van der Waals surface area contributed by atoms with Crippen LogP contribution in [0.25, 0.3) is 11.3 Å². The van der Waals surface area contributed by atoms with Crippen molar-refractivity contribution >= 4 is 29.0 Å². The highest BCUT2D eigenvalue weighted by molar-refractivity contribution is 6.03. The van der Waals surface area contributed by atoms with Crippen molar-refractivity contribution in [3.05, 3.63) is 72.3 Å². The standard InChI is InChI=1S/C22H21N7O2/c1-14-11-20(29(2)3)27-22(24-14)26-17-8-6-16(7-9-17)25-21(30)18-12-19(31-28-18)15-5-4-10-23-13-15/h4-13H,1-3H3,(H,25,30)(H,24,26,27). The summed E-state index contributed by atoms with van der Waals surface area (Å²) in [6, 6.07) is 14.3. The monoisotopic (exact) mass is 415 g/mol. The van der Waals surface area contributed by atoms with Crippen molar-refractivity contribution in [3.8, 4) is 11.3 Å². The Kier molecular flexibility index (Phi) is 5.57. The molecular formula is C22H21N7O2. The van der Waals surface area contributed by atoms with Crippen molar-refractivity contribution in [2.45, 2.75) is 6.92 Å². The molecule has 3 aromatic heterocycles. The number of carbonyl (C=O) groups is 1. The van der Waals surface area contributed by atoms with Gasteiger partial charge in [0.15, 0.2) is 11.5 Å². The molecule has 0 radical (unpaired) electrons. The first-order chi connectivity index (χ1) is 15.0. The number of aryl methyl sites for hydroxylation is 1. The van der Waals surface area contributed by atoms with Crippen molar-refractivity contribution in [3.63, 3.8) is 0 Å². The predicted molar refractivity (Wildman–Crippen MR) is 119 cm³/mol. The number of hydrogen-bond donors (Lipinski definition) is 2. The van der Waals surface area contributed by atoms with Crippen molar-refractivity contribution in [2.75, 3.05) is 29.6 Å². The smallest absolute Gasteiger partial charge is 0.277 e. The maximum atomic E-state index is 12.5. The van der Waals surface area contributed by atoms with Crippen LogP contribution < -0.4 is 15.5 Å². The molecule has 0 aliphatic heterocycles. The van der Waals surface area contributed by atoms with Gasteiger partial charge >= 0.3 is 0 Å². The molecule has 156 valence electrons. The Bertz CT molecular complexity index is 1190. The van der Waals surface area contributed by atoms with Crippen LogP contribution in [-0.4, -0.2) is 40.1 Å². The Morgan fingerprint density at radius 1 is 1.03 bits per heavy atom. The zero-order valence-electron chi connectivity index (χ0n) is 17.3. The Labute approximate surface area is 179 Å². The van der Waals surface area contributed by atoms with E-state index < -0.39 is 0 Å². The first kappa shape index (κ1) is 20.0. The molecule has 31 heavy (non-hydrogen) atoms. The first-order valence-electron chi connectivity index (χ1n) is 9.56. The summed E-state index contributed by atoms with van der Waals surface area (Å²) in [4.78, 5) is 27.3. The fourth-order valence-corrected chi connectivity index (χ4v) is 2.82. The average Bonchev–Trinajstić information content (AvgIpc) is 3.26. The highest BCUT2D eigenvalue weighted by Gasteiger charge is 2.14. The second-order valence-electron chi connectivity index (χ2n) is 7.06. The van der Waals surface area contributed by atoms with E-state index in [0.717, 1.165) is 22.8 Å². The summed E-state index contributed by atoms with van der Waals surface area (Å²) in [7, 11) is 3.86. The minimum Gasteiger partial charge on any atom is -0.363 e. The lowest BCUT2D eigenvalue weighted by molar-refractivity contribution is 0.101. The highest BCUT2D eigenvalue weighted by Crippen LogP contribution is 2.21. The van der Waals surface area contributed by atoms with Gasteiger partial charge < -0.3 is 20.1 Å². The predicted octanol–water partition coefficient (Wildman–Crippen LogP) is 3.90. The molecule has 4 aromatic rings. The van der Waals surface area contributed by atoms with Gasteiger partial charge in [-0.15, -0.1) is 0 Å². The summed E-state index contributed by atoms with van der Waals surface area (Å²) >= 11 is 0. The number of nitrogens with zero attached hydrogens (tertiary/aromatic N) is 5. The maximum Gasteiger partial charge on any atom is 0.277 e. The molecule has 0 saturated heterocycles. The van der Waals surface area contributed by atoms with Crippen LogP contribution in [0.1, 0.15) is 16.2 Å². The molecule has 0 spiro atoms. The molecule has 0 saturated carbocycles. The first-order valence-corrected chi connectivity index (χ1v) is 9.56. The molecule has 0 bridgehead atoms. The van der Waals surface area contributed by atoms with Crippen LogP contribution >= 0.6 is 0 Å². The molecular weight excluding hydrogens is 394 g/mol. The number of rotatable bonds is 6. The maximum absolute atomic E-state index is 12.5. The van der Waals surface area contributed by atoms with Crippen LogP contribution in [0.15, 0.2) is 65.4 Å². The van der Waals surface area contributed by atoms with Crippen molar-refractivity contribution in [1.29, 1.82) is 0 Å². The van der Waals surface area contributed by atoms with Gasteiger partial charge in [0.1, 0.15) is 5.82 Å². The summed E-state index contributed by atoms with van der Waals surface area (Å²) in [5.74, 6) is 1.44. The third-order valence-corrected chi connectivity index (χ3v) is 4.39. The van der Waals surface area contributed by atoms with Gasteiger partial charge in [0.25, 0.3) is 5.91 Å². The summed E-state index contributed by atoms with van der Waals surface area (Å²) in [5, 5.41) is 9.83. The van der Waals surface area contributed by atoms with Crippen molar-refractivity contribution in [1.82, 2.24) is 20.1 Å². The van der Waals surface area contributed by atoms with E-state index in [-0.39, 0.29) is 11.6 Å². The minimum absolute atomic E-state index is 0.186. The number of aromatic nitrogens is 4. The van der Waals surface area contributed by atoms with Gasteiger partial charge in [-0.05, 0) is 43.3 Å². The molecule has 0 aliphatic rings. The summed E-state index contributed by atoms with van der Waals surface area (Å²) in [6.45, 7) is 1.92. The van der Waals surface area contributed by atoms with Gasteiger partial charge in [0, 0.05) is 61.3 Å². The Morgan fingerprint density at radius 3 is 2.52 bits per heavy atom. The molecule has 1 amide bonds. The van der Waals surface area contributed by atoms with Gasteiger partial charge in [-0.25, -0.2) is 4.98 Å². The average molecular weight is 415 g/mol. The van der Waals surface area contributed by atoms with E-state index in [1.807, 2.05) is 50.2 Å². The Morgan fingerprint density at radius 2 is 1.81 bits per heavy atom. The fraction of sp³-hybridized carbons (Fsp3) is 0.136. The molecule has 1 aromatic carbocycles. The van der Waals surface area contributed by atoms with Gasteiger partial charge in [0.2, 0.25) is 5.95 Å². The number of anilines is 4. The largest absolute Gasteiger partial charge is 0.363 e. The number of pyridine rings is 1. The fourth-order valence-electron chi connectivity index (χ4n) is 2.82. The normalized spacial score (nSPS) is 10.5.